The van der Waals surface area contributed by atoms with Gasteiger partial charge in [-0.25, -0.2) is 0 Å². The van der Waals surface area contributed by atoms with Crippen molar-refractivity contribution in [3.63, 3.8) is 0 Å². The van der Waals surface area contributed by atoms with Crippen LogP contribution in [0.3, 0.4) is 0 Å². The molecule has 2 amide bonds. The highest BCUT2D eigenvalue weighted by Crippen LogP contribution is 2.21. The maximum Gasteiger partial charge on any atom is 0.323 e. The summed E-state index contributed by atoms with van der Waals surface area (Å²) in [4.78, 5) is 39.1. The number of carboxylic acids is 1. The van der Waals surface area contributed by atoms with Crippen molar-refractivity contribution in [2.75, 3.05) is 39.9 Å². The number of aliphatic carboxylic acids is 1. The van der Waals surface area contributed by atoms with Gasteiger partial charge in [0.05, 0.1) is 6.61 Å². The minimum absolute atomic E-state index is 0.0340. The van der Waals surface area contributed by atoms with Crippen LogP contribution in [0, 0.1) is 5.92 Å². The van der Waals surface area contributed by atoms with Gasteiger partial charge in [0, 0.05) is 38.2 Å². The van der Waals surface area contributed by atoms with Crippen LogP contribution < -0.4 is 0 Å². The Bertz CT molecular complexity index is 597. The second-order valence-electron chi connectivity index (χ2n) is 6.08. The van der Waals surface area contributed by atoms with Crippen molar-refractivity contribution in [2.45, 2.75) is 12.8 Å². The summed E-state index contributed by atoms with van der Waals surface area (Å²) in [5.41, 5.74) is 0.639. The molecule has 1 aliphatic heterocycles. The maximum absolute atomic E-state index is 12.6. The van der Waals surface area contributed by atoms with E-state index in [2.05, 4.69) is 0 Å². The molecule has 1 heterocycles. The zero-order valence-electron chi connectivity index (χ0n) is 14.4. The molecule has 1 aromatic rings. The number of carbonyl (C=O) groups is 3. The molecule has 0 saturated carbocycles. The molecule has 1 aliphatic rings. The van der Waals surface area contributed by atoms with Crippen LogP contribution in [-0.2, 0) is 14.3 Å². The summed E-state index contributed by atoms with van der Waals surface area (Å²) >= 11 is 0. The molecule has 1 saturated heterocycles. The summed E-state index contributed by atoms with van der Waals surface area (Å²) in [5, 5.41) is 8.98. The van der Waals surface area contributed by atoms with Crippen LogP contribution in [0.1, 0.15) is 23.2 Å². The molecule has 0 aromatic heterocycles. The summed E-state index contributed by atoms with van der Waals surface area (Å²) in [7, 11) is 1.51. The van der Waals surface area contributed by atoms with Crippen LogP contribution >= 0.6 is 0 Å². The second-order valence-corrected chi connectivity index (χ2v) is 6.08. The molecule has 25 heavy (non-hydrogen) atoms. The van der Waals surface area contributed by atoms with E-state index < -0.39 is 5.97 Å². The first-order valence-corrected chi connectivity index (χ1v) is 8.36. The highest BCUT2D eigenvalue weighted by atomic mass is 16.5. The number of likely N-dealkylation sites (tertiary alicyclic amines) is 1. The van der Waals surface area contributed by atoms with Gasteiger partial charge in [-0.3, -0.25) is 14.4 Å². The molecule has 136 valence electrons. The molecule has 2 rings (SSSR count). The Kier molecular flexibility index (Phi) is 6.94. The predicted octanol–water partition coefficient (Wildman–Crippen LogP) is 1.10. The van der Waals surface area contributed by atoms with Crippen LogP contribution in [0.25, 0.3) is 0 Å². The number of piperidine rings is 1. The normalized spacial score (nSPS) is 15.0. The van der Waals surface area contributed by atoms with Gasteiger partial charge in [0.25, 0.3) is 5.91 Å². The predicted molar refractivity (Wildman–Crippen MR) is 91.2 cm³/mol. The number of carbonyl (C=O) groups excluding carboxylic acids is 2. The van der Waals surface area contributed by atoms with Crippen LogP contribution in [-0.4, -0.2) is 72.6 Å². The fraction of sp³-hybridized carbons (Fsp3) is 0.500. The Hall–Kier alpha value is -2.41. The van der Waals surface area contributed by atoms with E-state index in [0.29, 0.717) is 38.1 Å². The Morgan fingerprint density at radius 1 is 1.20 bits per heavy atom. The first kappa shape index (κ1) is 18.9. The fourth-order valence-electron chi connectivity index (χ4n) is 2.98. The van der Waals surface area contributed by atoms with E-state index in [0.717, 1.165) is 0 Å². The third kappa shape index (κ3) is 5.29. The van der Waals surface area contributed by atoms with Gasteiger partial charge >= 0.3 is 5.97 Å². The molecule has 1 aromatic carbocycles. The molecule has 1 N–H and O–H groups in total. The minimum atomic E-state index is -1.04. The van der Waals surface area contributed by atoms with Gasteiger partial charge < -0.3 is 19.6 Å². The van der Waals surface area contributed by atoms with Crippen molar-refractivity contribution < 1.29 is 24.2 Å². The number of benzene rings is 1. The summed E-state index contributed by atoms with van der Waals surface area (Å²) in [6.45, 7) is 1.21. The topological polar surface area (TPSA) is 87.2 Å². The Morgan fingerprint density at radius 2 is 1.84 bits per heavy atom. The first-order valence-electron chi connectivity index (χ1n) is 8.36. The van der Waals surface area contributed by atoms with Crippen molar-refractivity contribution in [3.05, 3.63) is 35.9 Å². The minimum Gasteiger partial charge on any atom is -0.480 e. The zero-order valence-corrected chi connectivity index (χ0v) is 14.4. The highest BCUT2D eigenvalue weighted by molar-refractivity contribution is 5.94. The van der Waals surface area contributed by atoms with Gasteiger partial charge in [0.2, 0.25) is 5.91 Å². The van der Waals surface area contributed by atoms with Gasteiger partial charge in [-0.2, -0.15) is 0 Å². The lowest BCUT2D eigenvalue weighted by Crippen LogP contribution is -2.46. The Morgan fingerprint density at radius 3 is 2.40 bits per heavy atom. The molecule has 7 heteroatoms. The van der Waals surface area contributed by atoms with Crippen molar-refractivity contribution >= 4 is 17.8 Å². The summed E-state index contributed by atoms with van der Waals surface area (Å²) < 4.78 is 4.95. The number of rotatable bonds is 7. The fourth-order valence-corrected chi connectivity index (χ4v) is 2.98. The van der Waals surface area contributed by atoms with Crippen molar-refractivity contribution in [3.8, 4) is 0 Å². The maximum atomic E-state index is 12.6. The van der Waals surface area contributed by atoms with Gasteiger partial charge in [-0.15, -0.1) is 0 Å². The van der Waals surface area contributed by atoms with Gasteiger partial charge in [0.15, 0.2) is 0 Å². The van der Waals surface area contributed by atoms with E-state index in [9.17, 15) is 14.4 Å². The number of amides is 2. The van der Waals surface area contributed by atoms with E-state index in [1.54, 1.807) is 17.0 Å². The molecule has 0 radical (unpaired) electrons. The van der Waals surface area contributed by atoms with E-state index in [1.807, 2.05) is 18.2 Å². The quantitative estimate of drug-likeness (QED) is 0.797. The zero-order chi connectivity index (χ0) is 18.2. The number of carboxylic acid groups (broad SMARTS) is 1. The standard InChI is InChI=1S/C18H24N2O5/c1-25-12-11-20(13-16(21)22)18(24)15-7-9-19(10-8-15)17(23)14-5-3-2-4-6-14/h2-6,15H,7-13H2,1H3,(H,21,22). The van der Waals surface area contributed by atoms with Crippen molar-refractivity contribution in [2.24, 2.45) is 5.92 Å². The molecule has 1 fully saturated rings. The van der Waals surface area contributed by atoms with E-state index in [1.165, 1.54) is 12.0 Å². The molecular weight excluding hydrogens is 324 g/mol. The number of hydrogen-bond donors (Lipinski definition) is 1. The molecule has 0 bridgehead atoms. The lowest BCUT2D eigenvalue weighted by Gasteiger charge is -2.34. The van der Waals surface area contributed by atoms with Crippen molar-refractivity contribution in [1.29, 1.82) is 0 Å². The lowest BCUT2D eigenvalue weighted by molar-refractivity contribution is -0.147. The molecule has 7 nitrogen and oxygen atoms in total. The van der Waals surface area contributed by atoms with Crippen LogP contribution in [0.4, 0.5) is 0 Å². The monoisotopic (exact) mass is 348 g/mol. The Labute approximate surface area is 147 Å². The molecule has 0 atom stereocenters. The summed E-state index contributed by atoms with van der Waals surface area (Å²) in [6.07, 6.45) is 1.08. The SMILES string of the molecule is COCCN(CC(=O)O)C(=O)C1CCN(C(=O)c2ccccc2)CC1. The van der Waals surface area contributed by atoms with E-state index in [-0.39, 0.29) is 30.8 Å². The van der Waals surface area contributed by atoms with Crippen LogP contribution in [0.15, 0.2) is 30.3 Å². The largest absolute Gasteiger partial charge is 0.480 e. The molecule has 0 spiro atoms. The lowest BCUT2D eigenvalue weighted by atomic mass is 9.94. The van der Waals surface area contributed by atoms with Crippen LogP contribution in [0.5, 0.6) is 0 Å². The van der Waals surface area contributed by atoms with Gasteiger partial charge in [-0.05, 0) is 25.0 Å². The average molecular weight is 348 g/mol. The number of hydrogen-bond acceptors (Lipinski definition) is 4. The number of methoxy groups -OCH3 is 1. The van der Waals surface area contributed by atoms with Crippen LogP contribution in [0.2, 0.25) is 0 Å². The first-order chi connectivity index (χ1) is 12.0. The van der Waals surface area contributed by atoms with Crippen molar-refractivity contribution in [1.82, 2.24) is 9.80 Å². The third-order valence-corrected chi connectivity index (χ3v) is 4.36. The second kappa shape index (κ2) is 9.17. The Balaban J connectivity index is 1.92. The smallest absolute Gasteiger partial charge is 0.323 e. The number of ether oxygens (including phenoxy) is 1. The highest BCUT2D eigenvalue weighted by Gasteiger charge is 2.31. The summed E-state index contributed by atoms with van der Waals surface area (Å²) in [5.74, 6) is -1.50. The van der Waals surface area contributed by atoms with E-state index in [4.69, 9.17) is 9.84 Å². The number of nitrogens with zero attached hydrogens (tertiary/aromatic N) is 2. The third-order valence-electron chi connectivity index (χ3n) is 4.36. The molecule has 0 aliphatic carbocycles. The molecular formula is C18H24N2O5. The van der Waals surface area contributed by atoms with Gasteiger partial charge in [-0.1, -0.05) is 18.2 Å². The summed E-state index contributed by atoms with van der Waals surface area (Å²) in [6, 6.07) is 9.06. The average Bonchev–Trinajstić information content (AvgIpc) is 2.64. The molecule has 0 unspecified atom stereocenters. The van der Waals surface area contributed by atoms with E-state index >= 15 is 0 Å². The van der Waals surface area contributed by atoms with Gasteiger partial charge in [0.1, 0.15) is 6.54 Å².